The van der Waals surface area contributed by atoms with Crippen LogP contribution in [0.5, 0.6) is 11.5 Å². The molecule has 2 amide bonds. The Bertz CT molecular complexity index is 552. The molecule has 6 nitrogen and oxygen atoms in total. The fourth-order valence-corrected chi connectivity index (χ4v) is 2.43. The van der Waals surface area contributed by atoms with Gasteiger partial charge in [-0.15, -0.1) is 0 Å². The monoisotopic (exact) mass is 276 g/mol. The molecule has 0 unspecified atom stereocenters. The predicted molar refractivity (Wildman–Crippen MR) is 70.9 cm³/mol. The van der Waals surface area contributed by atoms with Crippen molar-refractivity contribution in [2.45, 2.75) is 0 Å². The second-order valence-electron chi connectivity index (χ2n) is 4.85. The van der Waals surface area contributed by atoms with E-state index in [1.54, 1.807) is 30.1 Å². The van der Waals surface area contributed by atoms with E-state index in [1.807, 2.05) is 0 Å². The van der Waals surface area contributed by atoms with Crippen LogP contribution in [0.3, 0.4) is 0 Å². The Balaban J connectivity index is 1.75. The highest BCUT2D eigenvalue weighted by Gasteiger charge is 2.37. The molecule has 1 saturated heterocycles. The molecule has 3 rings (SSSR count). The molecule has 0 aromatic heterocycles. The quantitative estimate of drug-likeness (QED) is 0.842. The van der Waals surface area contributed by atoms with Gasteiger partial charge < -0.3 is 19.7 Å². The van der Waals surface area contributed by atoms with Crippen LogP contribution in [0.2, 0.25) is 0 Å². The van der Waals surface area contributed by atoms with Crippen molar-refractivity contribution < 1.29 is 19.1 Å². The van der Waals surface area contributed by atoms with Gasteiger partial charge in [0.15, 0.2) is 11.5 Å². The third kappa shape index (κ3) is 2.07. The highest BCUT2D eigenvalue weighted by molar-refractivity contribution is 5.99. The van der Waals surface area contributed by atoms with Crippen molar-refractivity contribution in [1.29, 1.82) is 0 Å². The Morgan fingerprint density at radius 3 is 2.75 bits per heavy atom. The summed E-state index contributed by atoms with van der Waals surface area (Å²) in [6.45, 7) is 1.83. The number of carbonyl (C=O) groups is 2. The normalized spacial score (nSPS) is 17.4. The van der Waals surface area contributed by atoms with E-state index in [2.05, 4.69) is 5.32 Å². The summed E-state index contributed by atoms with van der Waals surface area (Å²) in [5.41, 5.74) is 0.498. The SMILES string of the molecule is CNC(=O)C1CN(C(=O)c2cccc3c2OCCO3)C1. The second-order valence-corrected chi connectivity index (χ2v) is 4.85. The first-order valence-corrected chi connectivity index (χ1v) is 6.60. The minimum Gasteiger partial charge on any atom is -0.486 e. The van der Waals surface area contributed by atoms with Gasteiger partial charge in [0, 0.05) is 20.1 Å². The minimum absolute atomic E-state index is 0.0243. The Hall–Kier alpha value is -2.24. The number of hydrogen-bond acceptors (Lipinski definition) is 4. The number of nitrogens with one attached hydrogen (secondary N) is 1. The molecule has 1 aromatic carbocycles. The number of nitrogens with zero attached hydrogens (tertiary/aromatic N) is 1. The summed E-state index contributed by atoms with van der Waals surface area (Å²) < 4.78 is 11.0. The van der Waals surface area contributed by atoms with Gasteiger partial charge in [0.1, 0.15) is 13.2 Å². The molecule has 0 saturated carbocycles. The van der Waals surface area contributed by atoms with Gasteiger partial charge in [-0.3, -0.25) is 9.59 Å². The van der Waals surface area contributed by atoms with Crippen molar-refractivity contribution in [3.05, 3.63) is 23.8 Å². The molecular weight excluding hydrogens is 260 g/mol. The molecule has 0 aliphatic carbocycles. The molecule has 6 heteroatoms. The lowest BCUT2D eigenvalue weighted by molar-refractivity contribution is -0.128. The minimum atomic E-state index is -0.118. The van der Waals surface area contributed by atoms with Crippen LogP contribution in [-0.2, 0) is 4.79 Å². The molecular formula is C14H16N2O4. The molecule has 2 aliphatic heterocycles. The smallest absolute Gasteiger partial charge is 0.257 e. The largest absolute Gasteiger partial charge is 0.486 e. The summed E-state index contributed by atoms with van der Waals surface area (Å²) in [6, 6.07) is 5.29. The number of hydrogen-bond donors (Lipinski definition) is 1. The van der Waals surface area contributed by atoms with E-state index in [4.69, 9.17) is 9.47 Å². The standard InChI is InChI=1S/C14H16N2O4/c1-15-13(17)9-7-16(8-9)14(18)10-3-2-4-11-12(10)20-6-5-19-11/h2-4,9H,5-8H2,1H3,(H,15,17). The highest BCUT2D eigenvalue weighted by atomic mass is 16.6. The summed E-state index contributed by atoms with van der Waals surface area (Å²) in [6.07, 6.45) is 0. The lowest BCUT2D eigenvalue weighted by atomic mass is 9.97. The van der Waals surface area contributed by atoms with E-state index >= 15 is 0 Å². The molecule has 0 bridgehead atoms. The maximum absolute atomic E-state index is 12.4. The molecule has 106 valence electrons. The van der Waals surface area contributed by atoms with Crippen molar-refractivity contribution in [1.82, 2.24) is 10.2 Å². The maximum atomic E-state index is 12.4. The molecule has 0 radical (unpaired) electrons. The molecule has 0 spiro atoms. The van der Waals surface area contributed by atoms with Gasteiger partial charge in [-0.1, -0.05) is 6.07 Å². The van der Waals surface area contributed by atoms with Crippen LogP contribution in [-0.4, -0.2) is 50.1 Å². The average molecular weight is 276 g/mol. The van der Waals surface area contributed by atoms with Gasteiger partial charge in [-0.05, 0) is 12.1 Å². The lowest BCUT2D eigenvalue weighted by Gasteiger charge is -2.38. The third-order valence-electron chi connectivity index (χ3n) is 3.58. The van der Waals surface area contributed by atoms with Crippen molar-refractivity contribution >= 4 is 11.8 Å². The maximum Gasteiger partial charge on any atom is 0.257 e. The third-order valence-corrected chi connectivity index (χ3v) is 3.58. The fourth-order valence-electron chi connectivity index (χ4n) is 2.43. The number of ether oxygens (including phenoxy) is 2. The predicted octanol–water partition coefficient (Wildman–Crippen LogP) is 0.276. The van der Waals surface area contributed by atoms with Crippen LogP contribution < -0.4 is 14.8 Å². The second kappa shape index (κ2) is 5.03. The van der Waals surface area contributed by atoms with Gasteiger partial charge in [0.05, 0.1) is 11.5 Å². The van der Waals surface area contributed by atoms with Gasteiger partial charge in [0.2, 0.25) is 5.91 Å². The van der Waals surface area contributed by atoms with E-state index in [-0.39, 0.29) is 17.7 Å². The first kappa shape index (κ1) is 12.8. The Kier molecular flexibility index (Phi) is 3.22. The first-order valence-electron chi connectivity index (χ1n) is 6.60. The first-order chi connectivity index (χ1) is 9.70. The van der Waals surface area contributed by atoms with Crippen molar-refractivity contribution in [2.24, 2.45) is 5.92 Å². The molecule has 1 fully saturated rings. The van der Waals surface area contributed by atoms with Crippen molar-refractivity contribution in [2.75, 3.05) is 33.4 Å². The van der Waals surface area contributed by atoms with Crippen LogP contribution >= 0.6 is 0 Å². The summed E-state index contributed by atoms with van der Waals surface area (Å²) in [5, 5.41) is 2.59. The summed E-state index contributed by atoms with van der Waals surface area (Å²) in [7, 11) is 1.60. The molecule has 20 heavy (non-hydrogen) atoms. The fraction of sp³-hybridized carbons (Fsp3) is 0.429. The summed E-state index contributed by atoms with van der Waals surface area (Å²) >= 11 is 0. The molecule has 2 aliphatic rings. The van der Waals surface area contributed by atoms with Crippen LogP contribution in [0, 0.1) is 5.92 Å². The van der Waals surface area contributed by atoms with E-state index in [0.29, 0.717) is 43.4 Å². The van der Waals surface area contributed by atoms with Crippen LogP contribution in [0.25, 0.3) is 0 Å². The summed E-state index contributed by atoms with van der Waals surface area (Å²) in [4.78, 5) is 25.5. The van der Waals surface area contributed by atoms with E-state index in [1.165, 1.54) is 0 Å². The Labute approximate surface area is 116 Å². The highest BCUT2D eigenvalue weighted by Crippen LogP contribution is 2.35. The van der Waals surface area contributed by atoms with Gasteiger partial charge >= 0.3 is 0 Å². The molecule has 0 atom stereocenters. The number of para-hydroxylation sites is 1. The van der Waals surface area contributed by atoms with E-state index in [9.17, 15) is 9.59 Å². The summed E-state index contributed by atoms with van der Waals surface area (Å²) in [5.74, 6) is 0.856. The van der Waals surface area contributed by atoms with Crippen molar-refractivity contribution in [3.8, 4) is 11.5 Å². The van der Waals surface area contributed by atoms with Gasteiger partial charge in [-0.25, -0.2) is 0 Å². The number of rotatable bonds is 2. The van der Waals surface area contributed by atoms with Crippen LogP contribution in [0.15, 0.2) is 18.2 Å². The van der Waals surface area contributed by atoms with Crippen LogP contribution in [0.1, 0.15) is 10.4 Å². The number of carbonyl (C=O) groups excluding carboxylic acids is 2. The zero-order valence-corrected chi connectivity index (χ0v) is 11.2. The molecule has 1 aromatic rings. The number of fused-ring (bicyclic) bond motifs is 1. The molecule has 2 heterocycles. The van der Waals surface area contributed by atoms with Gasteiger partial charge in [0.25, 0.3) is 5.91 Å². The lowest BCUT2D eigenvalue weighted by Crippen LogP contribution is -2.55. The number of likely N-dealkylation sites (tertiary alicyclic amines) is 1. The average Bonchev–Trinajstić information content (AvgIpc) is 2.44. The zero-order chi connectivity index (χ0) is 14.1. The number of amides is 2. The Morgan fingerprint density at radius 1 is 1.25 bits per heavy atom. The zero-order valence-electron chi connectivity index (χ0n) is 11.2. The van der Waals surface area contributed by atoms with E-state index < -0.39 is 0 Å². The molecule has 1 N–H and O–H groups in total. The topological polar surface area (TPSA) is 67.9 Å². The Morgan fingerprint density at radius 2 is 2.00 bits per heavy atom. The van der Waals surface area contributed by atoms with Crippen LogP contribution in [0.4, 0.5) is 0 Å². The van der Waals surface area contributed by atoms with E-state index in [0.717, 1.165) is 0 Å². The van der Waals surface area contributed by atoms with Gasteiger partial charge in [-0.2, -0.15) is 0 Å². The van der Waals surface area contributed by atoms with Crippen molar-refractivity contribution in [3.63, 3.8) is 0 Å². The number of benzene rings is 1.